The minimum absolute atomic E-state index is 0.210. The minimum atomic E-state index is -0.987. The highest BCUT2D eigenvalue weighted by molar-refractivity contribution is 5.67. The molecule has 8 heteroatoms. The number of carbonyl (C=O) groups is 2. The van der Waals surface area contributed by atoms with Gasteiger partial charge >= 0.3 is 12.1 Å². The third-order valence-electron chi connectivity index (χ3n) is 2.75. The first-order valence-electron chi connectivity index (χ1n) is 6.69. The zero-order chi connectivity index (χ0) is 15.8. The molecule has 0 atom stereocenters. The Morgan fingerprint density at radius 1 is 1.27 bits per heavy atom. The number of ether oxygens (including phenoxy) is 1. The molecule has 0 fully saturated rings. The number of nitrogens with one attached hydrogen (secondary N) is 1. The number of hydrogen-bond acceptors (Lipinski definition) is 5. The van der Waals surface area contributed by atoms with Crippen LogP contribution in [0, 0.1) is 0 Å². The molecule has 1 amide bonds. The molecule has 0 radical (unpaired) electrons. The van der Waals surface area contributed by atoms with E-state index in [4.69, 9.17) is 9.84 Å². The molecule has 116 valence electrons. The molecule has 0 spiro atoms. The first-order chi connectivity index (χ1) is 10.6. The number of carbonyl (C=O) groups excluding carboxylic acids is 1. The van der Waals surface area contributed by atoms with E-state index in [2.05, 4.69) is 15.6 Å². The largest absolute Gasteiger partial charge is 0.480 e. The summed E-state index contributed by atoms with van der Waals surface area (Å²) in [5, 5.41) is 18.7. The molecule has 0 aliphatic carbocycles. The van der Waals surface area contributed by atoms with E-state index in [0.717, 1.165) is 5.56 Å². The van der Waals surface area contributed by atoms with Gasteiger partial charge in [0.2, 0.25) is 0 Å². The number of benzene rings is 1. The maximum atomic E-state index is 11.5. The van der Waals surface area contributed by atoms with Crippen LogP contribution >= 0.6 is 0 Å². The van der Waals surface area contributed by atoms with Crippen molar-refractivity contribution in [2.45, 2.75) is 19.6 Å². The van der Waals surface area contributed by atoms with Crippen molar-refractivity contribution in [1.82, 2.24) is 20.3 Å². The summed E-state index contributed by atoms with van der Waals surface area (Å²) >= 11 is 0. The second-order valence-corrected chi connectivity index (χ2v) is 4.54. The first-order valence-corrected chi connectivity index (χ1v) is 6.69. The molecule has 1 heterocycles. The fourth-order valence-electron chi connectivity index (χ4n) is 1.74. The average molecular weight is 304 g/mol. The molecule has 1 aromatic carbocycles. The van der Waals surface area contributed by atoms with Gasteiger partial charge in [-0.3, -0.25) is 4.79 Å². The lowest BCUT2D eigenvalue weighted by atomic mass is 10.2. The van der Waals surface area contributed by atoms with E-state index in [9.17, 15) is 9.59 Å². The van der Waals surface area contributed by atoms with Crippen LogP contribution in [0.15, 0.2) is 36.5 Å². The van der Waals surface area contributed by atoms with Gasteiger partial charge in [-0.2, -0.15) is 0 Å². The Kier molecular flexibility index (Phi) is 5.47. The van der Waals surface area contributed by atoms with Crippen LogP contribution in [0.2, 0.25) is 0 Å². The van der Waals surface area contributed by atoms with Crippen molar-refractivity contribution >= 4 is 12.1 Å². The van der Waals surface area contributed by atoms with Crippen LogP contribution in [-0.4, -0.2) is 38.7 Å². The Labute approximate surface area is 126 Å². The second-order valence-electron chi connectivity index (χ2n) is 4.54. The van der Waals surface area contributed by atoms with Gasteiger partial charge in [0.25, 0.3) is 0 Å². The Morgan fingerprint density at radius 3 is 2.77 bits per heavy atom. The van der Waals surface area contributed by atoms with Gasteiger partial charge in [0.15, 0.2) is 0 Å². The third kappa shape index (κ3) is 5.23. The Hall–Kier alpha value is -2.90. The quantitative estimate of drug-likeness (QED) is 0.784. The maximum Gasteiger partial charge on any atom is 0.407 e. The number of rotatable bonds is 7. The van der Waals surface area contributed by atoms with E-state index in [0.29, 0.717) is 18.7 Å². The number of aliphatic carboxylic acids is 1. The van der Waals surface area contributed by atoms with Crippen LogP contribution in [0.5, 0.6) is 0 Å². The van der Waals surface area contributed by atoms with Gasteiger partial charge in [-0.25, -0.2) is 9.48 Å². The molecule has 0 saturated carbocycles. The van der Waals surface area contributed by atoms with Gasteiger partial charge in [0.1, 0.15) is 13.2 Å². The van der Waals surface area contributed by atoms with E-state index in [1.165, 1.54) is 10.9 Å². The Bertz CT molecular complexity index is 627. The Morgan fingerprint density at radius 2 is 2.05 bits per heavy atom. The lowest BCUT2D eigenvalue weighted by Gasteiger charge is -2.06. The van der Waals surface area contributed by atoms with E-state index >= 15 is 0 Å². The molecule has 0 saturated heterocycles. The van der Waals surface area contributed by atoms with Crippen molar-refractivity contribution in [2.75, 3.05) is 6.54 Å². The molecule has 2 rings (SSSR count). The van der Waals surface area contributed by atoms with Gasteiger partial charge in [0, 0.05) is 19.2 Å². The van der Waals surface area contributed by atoms with E-state index in [1.54, 1.807) is 0 Å². The SMILES string of the molecule is O=C(O)Cn1cc(CCNC(=O)OCc2ccccc2)nn1. The number of aromatic nitrogens is 3. The molecule has 0 aliphatic heterocycles. The average Bonchev–Trinajstić information content (AvgIpc) is 2.93. The van der Waals surface area contributed by atoms with Gasteiger partial charge < -0.3 is 15.2 Å². The van der Waals surface area contributed by atoms with Crippen LogP contribution in [0.3, 0.4) is 0 Å². The summed E-state index contributed by atoms with van der Waals surface area (Å²) in [4.78, 5) is 22.0. The fraction of sp³-hybridized carbons (Fsp3) is 0.286. The number of carboxylic acid groups (broad SMARTS) is 1. The lowest BCUT2D eigenvalue weighted by molar-refractivity contribution is -0.137. The van der Waals surface area contributed by atoms with E-state index in [1.807, 2.05) is 30.3 Å². The summed E-state index contributed by atoms with van der Waals surface area (Å²) < 4.78 is 6.28. The second kappa shape index (κ2) is 7.77. The number of alkyl carbamates (subject to hydrolysis) is 1. The van der Waals surface area contributed by atoms with Crippen molar-refractivity contribution in [2.24, 2.45) is 0 Å². The zero-order valence-corrected chi connectivity index (χ0v) is 11.8. The number of hydrogen-bond donors (Lipinski definition) is 2. The molecular weight excluding hydrogens is 288 g/mol. The highest BCUT2D eigenvalue weighted by Crippen LogP contribution is 2.00. The van der Waals surface area contributed by atoms with Crippen LogP contribution in [0.1, 0.15) is 11.3 Å². The fourth-order valence-corrected chi connectivity index (χ4v) is 1.74. The molecule has 2 aromatic rings. The summed E-state index contributed by atoms with van der Waals surface area (Å²) in [5.74, 6) is -0.987. The summed E-state index contributed by atoms with van der Waals surface area (Å²) in [7, 11) is 0. The normalized spacial score (nSPS) is 10.2. The number of carboxylic acids is 1. The monoisotopic (exact) mass is 304 g/mol. The molecule has 2 N–H and O–H groups in total. The van der Waals surface area contributed by atoms with E-state index in [-0.39, 0.29) is 13.2 Å². The molecule has 0 unspecified atom stereocenters. The van der Waals surface area contributed by atoms with Gasteiger partial charge in [-0.05, 0) is 5.56 Å². The van der Waals surface area contributed by atoms with Crippen LogP contribution in [0.25, 0.3) is 0 Å². The van der Waals surface area contributed by atoms with Crippen molar-refractivity contribution in [3.8, 4) is 0 Å². The highest BCUT2D eigenvalue weighted by Gasteiger charge is 2.06. The maximum absolute atomic E-state index is 11.5. The number of nitrogens with zero attached hydrogens (tertiary/aromatic N) is 3. The molecule has 8 nitrogen and oxygen atoms in total. The summed E-state index contributed by atoms with van der Waals surface area (Å²) in [6, 6.07) is 9.37. The van der Waals surface area contributed by atoms with Gasteiger partial charge in [-0.1, -0.05) is 35.5 Å². The first kappa shape index (κ1) is 15.5. The van der Waals surface area contributed by atoms with Gasteiger partial charge in [0.05, 0.1) is 5.69 Å². The summed E-state index contributed by atoms with van der Waals surface area (Å²) in [5.41, 5.74) is 1.51. The molecule has 0 aliphatic rings. The molecular formula is C14H16N4O4. The van der Waals surface area contributed by atoms with Crippen molar-refractivity contribution in [3.05, 3.63) is 47.8 Å². The summed E-state index contributed by atoms with van der Waals surface area (Å²) in [6.45, 7) is 0.306. The van der Waals surface area contributed by atoms with E-state index < -0.39 is 12.1 Å². The van der Waals surface area contributed by atoms with Crippen LogP contribution in [0.4, 0.5) is 4.79 Å². The topological polar surface area (TPSA) is 106 Å². The van der Waals surface area contributed by atoms with Crippen molar-refractivity contribution in [1.29, 1.82) is 0 Å². The minimum Gasteiger partial charge on any atom is -0.480 e. The molecule has 0 bridgehead atoms. The van der Waals surface area contributed by atoms with Crippen molar-refractivity contribution < 1.29 is 19.4 Å². The summed E-state index contributed by atoms with van der Waals surface area (Å²) in [6.07, 6.45) is 1.47. The number of amides is 1. The Balaban J connectivity index is 1.66. The lowest BCUT2D eigenvalue weighted by Crippen LogP contribution is -2.26. The predicted octanol–water partition coefficient (Wildman–Crippen LogP) is 0.832. The standard InChI is InChI=1S/C14H16N4O4/c19-13(20)9-18-8-12(16-17-18)6-7-15-14(21)22-10-11-4-2-1-3-5-11/h1-5,8H,6-7,9-10H2,(H,15,21)(H,19,20). The zero-order valence-electron chi connectivity index (χ0n) is 11.8. The highest BCUT2D eigenvalue weighted by atomic mass is 16.5. The molecule has 1 aromatic heterocycles. The van der Waals surface area contributed by atoms with Gasteiger partial charge in [-0.15, -0.1) is 5.10 Å². The third-order valence-corrected chi connectivity index (χ3v) is 2.75. The smallest absolute Gasteiger partial charge is 0.407 e. The van der Waals surface area contributed by atoms with Crippen LogP contribution in [-0.2, 0) is 29.1 Å². The predicted molar refractivity (Wildman–Crippen MR) is 76.0 cm³/mol. The molecule has 22 heavy (non-hydrogen) atoms. The van der Waals surface area contributed by atoms with Crippen molar-refractivity contribution in [3.63, 3.8) is 0 Å². The van der Waals surface area contributed by atoms with Crippen LogP contribution < -0.4 is 5.32 Å².